The van der Waals surface area contributed by atoms with Gasteiger partial charge in [0, 0.05) is 48.8 Å². The van der Waals surface area contributed by atoms with E-state index in [0.29, 0.717) is 17.7 Å². The van der Waals surface area contributed by atoms with Gasteiger partial charge in [0.1, 0.15) is 36.2 Å². The Morgan fingerprint density at radius 1 is 0.551 bits per heavy atom. The molecular weight excluding hydrogens is 893 g/mol. The first-order valence-corrected chi connectivity index (χ1v) is 25.8. The number of aromatic hydroxyl groups is 2. The van der Waals surface area contributed by atoms with Crippen molar-refractivity contribution in [2.24, 2.45) is 0 Å². The Bertz CT molecular complexity index is 3000. The Morgan fingerprint density at radius 2 is 1.01 bits per heavy atom. The fourth-order valence-electron chi connectivity index (χ4n) is 9.30. The van der Waals surface area contributed by atoms with Crippen LogP contribution in [-0.2, 0) is 6.42 Å². The molecule has 2 saturated heterocycles. The van der Waals surface area contributed by atoms with Crippen molar-refractivity contribution in [1.29, 1.82) is 0 Å². The lowest BCUT2D eigenvalue weighted by Gasteiger charge is -2.26. The molecule has 10 rings (SSSR count). The van der Waals surface area contributed by atoms with Crippen molar-refractivity contribution in [3.8, 4) is 43.9 Å². The van der Waals surface area contributed by atoms with Crippen LogP contribution in [-0.4, -0.2) is 78.3 Å². The molecule has 7 nitrogen and oxygen atoms in total. The van der Waals surface area contributed by atoms with Crippen molar-refractivity contribution in [2.75, 3.05) is 52.5 Å². The molecule has 6 aromatic carbocycles. The molecule has 0 bridgehead atoms. The first-order chi connectivity index (χ1) is 33.8. The quantitative estimate of drug-likeness (QED) is 0.0934. The van der Waals surface area contributed by atoms with Crippen LogP contribution in [0, 0.1) is 0 Å². The lowest BCUT2D eigenvalue weighted by molar-refractivity contribution is 0.104. The van der Waals surface area contributed by atoms with E-state index in [9.17, 15) is 15.0 Å². The number of ether oxygens (including phenoxy) is 2. The van der Waals surface area contributed by atoms with Crippen LogP contribution in [0.25, 0.3) is 53.2 Å². The van der Waals surface area contributed by atoms with E-state index in [2.05, 4.69) is 71.5 Å². The molecule has 9 heteroatoms. The third-order valence-electron chi connectivity index (χ3n) is 13.2. The molecule has 0 aliphatic carbocycles. The smallest absolute Gasteiger partial charge is 0.195 e. The molecule has 352 valence electrons. The van der Waals surface area contributed by atoms with Crippen LogP contribution in [0.5, 0.6) is 23.0 Å². The van der Waals surface area contributed by atoms with Crippen molar-refractivity contribution in [2.45, 2.75) is 44.9 Å². The van der Waals surface area contributed by atoms with Crippen LogP contribution >= 0.6 is 22.7 Å². The number of fused-ring (bicyclic) bond motifs is 2. The summed E-state index contributed by atoms with van der Waals surface area (Å²) >= 11 is 3.38. The second-order valence-corrected chi connectivity index (χ2v) is 20.0. The van der Waals surface area contributed by atoms with E-state index in [1.54, 1.807) is 46.9 Å². The predicted octanol–water partition coefficient (Wildman–Crippen LogP) is 14.4. The molecular formula is C60H60N2O5S2. The third kappa shape index (κ3) is 11.9. The van der Waals surface area contributed by atoms with E-state index < -0.39 is 0 Å². The summed E-state index contributed by atoms with van der Waals surface area (Å²) < 4.78 is 14.3. The molecule has 0 saturated carbocycles. The first kappa shape index (κ1) is 47.6. The van der Waals surface area contributed by atoms with Gasteiger partial charge >= 0.3 is 0 Å². The minimum absolute atomic E-state index is 0.0226. The fraction of sp³-hybridized carbons (Fsp3) is 0.250. The highest BCUT2D eigenvalue weighted by atomic mass is 32.1. The molecule has 0 radical (unpaired) electrons. The standard InChI is InChI=1S/C30H29NO3S.C30H31NO2S/c1-2-21-6-15-26-27(20-21)35-30(23-7-11-24(32)12-8-23)28(26)29(33)22-9-13-25(14-10-22)34-19-18-31-16-4-3-5-17-31;1-2-22-8-15-27-28(30(34-29(27)21-22)24-9-11-25(32)12-10-24)20-23-6-13-26(14-7-23)33-19-18-31-16-4-3-5-17-31/h2,6-15,20,32H,1,3-5,16-19H2;2,6-15,21,32H,1,3-5,16-20H2. The molecule has 69 heavy (non-hydrogen) atoms. The maximum absolute atomic E-state index is 13.8. The number of carbonyl (C=O) groups is 1. The molecule has 2 aliphatic rings. The summed E-state index contributed by atoms with van der Waals surface area (Å²) in [5.41, 5.74) is 8.07. The Labute approximate surface area is 414 Å². The molecule has 2 aliphatic heterocycles. The normalized spacial score (nSPS) is 14.3. The van der Waals surface area contributed by atoms with Gasteiger partial charge in [-0.05, 0) is 194 Å². The van der Waals surface area contributed by atoms with Gasteiger partial charge in [0.2, 0.25) is 0 Å². The summed E-state index contributed by atoms with van der Waals surface area (Å²) in [6, 6.07) is 43.1. The van der Waals surface area contributed by atoms with Gasteiger partial charge in [-0.25, -0.2) is 0 Å². The number of ketones is 1. The Hall–Kier alpha value is -6.49. The molecule has 2 aromatic heterocycles. The summed E-state index contributed by atoms with van der Waals surface area (Å²) in [4.78, 5) is 20.9. The summed E-state index contributed by atoms with van der Waals surface area (Å²) in [6.45, 7) is 15.8. The topological polar surface area (TPSA) is 82.5 Å². The van der Waals surface area contributed by atoms with Crippen LogP contribution < -0.4 is 9.47 Å². The number of nitrogens with zero attached hydrogens (tertiary/aromatic N) is 2. The van der Waals surface area contributed by atoms with Crippen molar-refractivity contribution in [3.05, 3.63) is 180 Å². The zero-order valence-corrected chi connectivity index (χ0v) is 40.8. The fourth-order valence-corrected chi connectivity index (χ4v) is 11.8. The van der Waals surface area contributed by atoms with Crippen LogP contribution in [0.1, 0.15) is 76.7 Å². The van der Waals surface area contributed by atoms with E-state index >= 15 is 0 Å². The van der Waals surface area contributed by atoms with Gasteiger partial charge in [-0.15, -0.1) is 22.7 Å². The van der Waals surface area contributed by atoms with Gasteiger partial charge in [0.25, 0.3) is 0 Å². The van der Waals surface area contributed by atoms with Gasteiger partial charge in [-0.1, -0.05) is 74.5 Å². The molecule has 0 spiro atoms. The minimum atomic E-state index is -0.0226. The summed E-state index contributed by atoms with van der Waals surface area (Å²) in [7, 11) is 0. The van der Waals surface area contributed by atoms with E-state index in [1.165, 1.54) is 77.7 Å². The van der Waals surface area contributed by atoms with Crippen molar-refractivity contribution < 1.29 is 24.5 Å². The molecule has 0 amide bonds. The third-order valence-corrected chi connectivity index (χ3v) is 15.6. The molecule has 0 atom stereocenters. The van der Waals surface area contributed by atoms with Gasteiger partial charge in [-0.3, -0.25) is 14.6 Å². The summed E-state index contributed by atoms with van der Waals surface area (Å²) in [5, 5.41) is 21.7. The monoisotopic (exact) mass is 952 g/mol. The van der Waals surface area contributed by atoms with Crippen molar-refractivity contribution in [3.63, 3.8) is 0 Å². The zero-order valence-electron chi connectivity index (χ0n) is 39.2. The van der Waals surface area contributed by atoms with E-state index in [-0.39, 0.29) is 17.3 Å². The molecule has 2 N–H and O–H groups in total. The average Bonchev–Trinajstić information content (AvgIpc) is 3.96. The SMILES string of the molecule is C=Cc1ccc2c(C(=O)c3ccc(OCCN4CCCCC4)cc3)c(-c3ccc(O)cc3)sc2c1.C=Cc1ccc2c(Cc3ccc(OCCN4CCCCC4)cc3)c(-c3ccc(O)cc3)sc2c1. The van der Waals surface area contributed by atoms with E-state index in [0.717, 1.165) is 87.9 Å². The Kier molecular flexibility index (Phi) is 15.7. The number of carbonyl (C=O) groups excluding carboxylic acids is 1. The first-order valence-electron chi connectivity index (χ1n) is 24.2. The highest BCUT2D eigenvalue weighted by Crippen LogP contribution is 2.42. The van der Waals surface area contributed by atoms with Crippen LogP contribution in [0.4, 0.5) is 0 Å². The molecule has 8 aromatic rings. The summed E-state index contributed by atoms with van der Waals surface area (Å²) in [5.74, 6) is 2.18. The number of piperidine rings is 2. The van der Waals surface area contributed by atoms with Gasteiger partial charge in [0.15, 0.2) is 5.78 Å². The highest BCUT2D eigenvalue weighted by molar-refractivity contribution is 7.23. The maximum atomic E-state index is 13.8. The number of thiophene rings is 2. The number of hydrogen-bond donors (Lipinski definition) is 2. The lowest BCUT2D eigenvalue weighted by atomic mass is 9.97. The van der Waals surface area contributed by atoms with Crippen molar-refractivity contribution in [1.82, 2.24) is 9.80 Å². The number of hydrogen-bond acceptors (Lipinski definition) is 9. The summed E-state index contributed by atoms with van der Waals surface area (Å²) in [6.07, 6.45) is 12.4. The second-order valence-electron chi connectivity index (χ2n) is 17.9. The number of phenolic OH excluding ortho intramolecular Hbond substituents is 2. The highest BCUT2D eigenvalue weighted by Gasteiger charge is 2.22. The van der Waals surface area contributed by atoms with Crippen LogP contribution in [0.15, 0.2) is 147 Å². The van der Waals surface area contributed by atoms with Crippen LogP contribution in [0.2, 0.25) is 0 Å². The molecule has 4 heterocycles. The Balaban J connectivity index is 0.000000172. The van der Waals surface area contributed by atoms with E-state index in [4.69, 9.17) is 9.47 Å². The zero-order chi connectivity index (χ0) is 47.5. The van der Waals surface area contributed by atoms with Crippen molar-refractivity contribution >= 4 is 60.8 Å². The van der Waals surface area contributed by atoms with Gasteiger partial charge in [-0.2, -0.15) is 0 Å². The largest absolute Gasteiger partial charge is 0.508 e. The predicted molar refractivity (Wildman–Crippen MR) is 289 cm³/mol. The average molecular weight is 953 g/mol. The van der Waals surface area contributed by atoms with Gasteiger partial charge < -0.3 is 19.7 Å². The number of benzene rings is 6. The molecule has 0 unspecified atom stereocenters. The number of rotatable bonds is 16. The maximum Gasteiger partial charge on any atom is 0.195 e. The second kappa shape index (κ2) is 22.7. The Morgan fingerprint density at radius 3 is 1.54 bits per heavy atom. The lowest BCUT2D eigenvalue weighted by Crippen LogP contribution is -2.33. The molecule has 2 fully saturated rings. The minimum Gasteiger partial charge on any atom is -0.508 e. The van der Waals surface area contributed by atoms with E-state index in [1.807, 2.05) is 72.8 Å². The number of likely N-dealkylation sites (tertiary alicyclic amines) is 2. The van der Waals surface area contributed by atoms with Crippen LogP contribution in [0.3, 0.4) is 0 Å². The van der Waals surface area contributed by atoms with Gasteiger partial charge in [0.05, 0.1) is 0 Å². The number of phenols is 2.